The van der Waals surface area contributed by atoms with Crippen molar-refractivity contribution in [2.75, 3.05) is 36.4 Å². The number of aromatic nitrogens is 1. The number of nitrogens with one attached hydrogen (secondary N) is 1. The second-order valence-corrected chi connectivity index (χ2v) is 7.93. The summed E-state index contributed by atoms with van der Waals surface area (Å²) in [5, 5.41) is 2.81. The molecule has 3 aromatic rings. The summed E-state index contributed by atoms with van der Waals surface area (Å²) in [4.78, 5) is 33.4. The highest BCUT2D eigenvalue weighted by Crippen LogP contribution is 2.23. The Balaban J connectivity index is 1.33. The molecule has 1 N–H and O–H groups in total. The number of carbonyl (C=O) groups excluding carboxylic acids is 2. The van der Waals surface area contributed by atoms with Crippen molar-refractivity contribution in [1.82, 2.24) is 9.88 Å². The molecule has 1 saturated heterocycles. The summed E-state index contributed by atoms with van der Waals surface area (Å²) >= 11 is 7.09. The number of anilines is 2. The first kappa shape index (κ1) is 18.5. The Labute approximate surface area is 170 Å². The van der Waals surface area contributed by atoms with Gasteiger partial charge in [0.2, 0.25) is 0 Å². The summed E-state index contributed by atoms with van der Waals surface area (Å²) in [5.74, 6) is 0.863. The average Bonchev–Trinajstić information content (AvgIpc) is 3.40. The number of thiophene rings is 1. The van der Waals surface area contributed by atoms with Crippen LogP contribution >= 0.6 is 22.9 Å². The summed E-state index contributed by atoms with van der Waals surface area (Å²) in [5.41, 5.74) is 0.616. The number of rotatable bonds is 4. The predicted octanol–water partition coefficient (Wildman–Crippen LogP) is 3.60. The van der Waals surface area contributed by atoms with Gasteiger partial charge in [0.25, 0.3) is 11.8 Å². The minimum Gasteiger partial charge on any atom is -0.459 e. The van der Waals surface area contributed by atoms with Gasteiger partial charge in [-0.3, -0.25) is 9.59 Å². The lowest BCUT2D eigenvalue weighted by Gasteiger charge is -2.35. The Morgan fingerprint density at radius 3 is 2.54 bits per heavy atom. The van der Waals surface area contributed by atoms with Gasteiger partial charge in [-0.05, 0) is 36.4 Å². The van der Waals surface area contributed by atoms with E-state index in [2.05, 4.69) is 15.2 Å². The Morgan fingerprint density at radius 1 is 1.11 bits per heavy atom. The van der Waals surface area contributed by atoms with Crippen molar-refractivity contribution in [3.63, 3.8) is 0 Å². The molecular weight excluding hydrogens is 400 g/mol. The Morgan fingerprint density at radius 2 is 1.93 bits per heavy atom. The summed E-state index contributed by atoms with van der Waals surface area (Å²) in [7, 11) is 0. The second-order valence-electron chi connectivity index (χ2n) is 6.22. The summed E-state index contributed by atoms with van der Waals surface area (Å²) in [6.07, 6.45) is 3.13. The molecule has 4 heterocycles. The summed E-state index contributed by atoms with van der Waals surface area (Å²) in [6, 6.07) is 10.4. The Hall–Kier alpha value is -2.84. The van der Waals surface area contributed by atoms with Crippen LogP contribution in [0, 0.1) is 0 Å². The van der Waals surface area contributed by atoms with E-state index in [4.69, 9.17) is 16.0 Å². The van der Waals surface area contributed by atoms with Crippen molar-refractivity contribution >= 4 is 46.3 Å². The van der Waals surface area contributed by atoms with Gasteiger partial charge in [-0.1, -0.05) is 11.6 Å². The minimum absolute atomic E-state index is 0.0932. The topological polar surface area (TPSA) is 78.7 Å². The van der Waals surface area contributed by atoms with Crippen LogP contribution in [0.15, 0.2) is 53.3 Å². The monoisotopic (exact) mass is 416 g/mol. The molecule has 9 heteroatoms. The van der Waals surface area contributed by atoms with Crippen LogP contribution in [0.2, 0.25) is 4.34 Å². The molecule has 0 saturated carbocycles. The van der Waals surface area contributed by atoms with E-state index in [0.717, 1.165) is 5.82 Å². The van der Waals surface area contributed by atoms with Gasteiger partial charge in [0, 0.05) is 26.2 Å². The maximum atomic E-state index is 12.3. The van der Waals surface area contributed by atoms with Crippen molar-refractivity contribution in [2.24, 2.45) is 0 Å². The maximum absolute atomic E-state index is 12.3. The van der Waals surface area contributed by atoms with Crippen LogP contribution in [0.1, 0.15) is 20.2 Å². The predicted molar refractivity (Wildman–Crippen MR) is 108 cm³/mol. The molecule has 0 unspecified atom stereocenters. The molecule has 0 bridgehead atoms. The number of nitrogens with zero attached hydrogens (tertiary/aromatic N) is 3. The van der Waals surface area contributed by atoms with Gasteiger partial charge >= 0.3 is 0 Å². The molecule has 0 radical (unpaired) electrons. The van der Waals surface area contributed by atoms with Crippen LogP contribution < -0.4 is 10.2 Å². The lowest BCUT2D eigenvalue weighted by atomic mass is 10.2. The summed E-state index contributed by atoms with van der Waals surface area (Å²) < 4.78 is 5.75. The van der Waals surface area contributed by atoms with Crippen LogP contribution in [-0.2, 0) is 0 Å². The van der Waals surface area contributed by atoms with E-state index in [0.29, 0.717) is 46.8 Å². The first-order valence-electron chi connectivity index (χ1n) is 8.70. The largest absolute Gasteiger partial charge is 0.459 e. The number of furan rings is 1. The van der Waals surface area contributed by atoms with E-state index in [1.54, 1.807) is 35.4 Å². The van der Waals surface area contributed by atoms with Crippen molar-refractivity contribution in [3.05, 3.63) is 63.8 Å². The highest BCUT2D eigenvalue weighted by molar-refractivity contribution is 7.18. The molecule has 1 fully saturated rings. The fraction of sp³-hybridized carbons (Fsp3) is 0.211. The number of piperazine rings is 1. The summed E-state index contributed by atoms with van der Waals surface area (Å²) in [6.45, 7) is 2.55. The van der Waals surface area contributed by atoms with Crippen molar-refractivity contribution in [3.8, 4) is 0 Å². The third kappa shape index (κ3) is 4.02. The number of pyridine rings is 1. The molecule has 7 nitrogen and oxygen atoms in total. The Kier molecular flexibility index (Phi) is 5.31. The van der Waals surface area contributed by atoms with Crippen molar-refractivity contribution in [2.45, 2.75) is 0 Å². The zero-order valence-electron chi connectivity index (χ0n) is 14.8. The fourth-order valence-electron chi connectivity index (χ4n) is 2.97. The molecule has 144 valence electrons. The van der Waals surface area contributed by atoms with E-state index < -0.39 is 0 Å². The van der Waals surface area contributed by atoms with E-state index in [-0.39, 0.29) is 11.8 Å². The molecule has 0 aliphatic carbocycles. The molecule has 1 aliphatic rings. The molecule has 0 atom stereocenters. The fourth-order valence-corrected chi connectivity index (χ4v) is 3.91. The molecule has 1 aliphatic heterocycles. The van der Waals surface area contributed by atoms with E-state index in [1.807, 2.05) is 12.1 Å². The molecule has 2 amide bonds. The lowest BCUT2D eigenvalue weighted by Crippen LogP contribution is -2.49. The van der Waals surface area contributed by atoms with Crippen molar-refractivity contribution < 1.29 is 14.0 Å². The minimum atomic E-state index is -0.212. The second kappa shape index (κ2) is 8.04. The number of amides is 2. The molecule has 4 rings (SSSR count). The quantitative estimate of drug-likeness (QED) is 0.703. The van der Waals surface area contributed by atoms with E-state index in [1.165, 1.54) is 17.6 Å². The molecule has 3 aromatic heterocycles. The maximum Gasteiger partial charge on any atom is 0.289 e. The number of hydrogen-bond donors (Lipinski definition) is 1. The zero-order valence-corrected chi connectivity index (χ0v) is 16.4. The van der Waals surface area contributed by atoms with Crippen LogP contribution in [-0.4, -0.2) is 47.9 Å². The lowest BCUT2D eigenvalue weighted by molar-refractivity contribution is 0.0714. The highest BCUT2D eigenvalue weighted by atomic mass is 35.5. The van der Waals surface area contributed by atoms with Gasteiger partial charge < -0.3 is 19.5 Å². The number of hydrogen-bond acceptors (Lipinski definition) is 6. The normalized spacial score (nSPS) is 14.2. The van der Waals surface area contributed by atoms with Crippen LogP contribution in [0.25, 0.3) is 0 Å². The number of carbonyl (C=O) groups is 2. The first-order valence-corrected chi connectivity index (χ1v) is 9.90. The standard InChI is InChI=1S/C19H17ClN4O3S/c20-16-5-4-15(28-16)18(25)22-13-3-6-17(21-12-13)23-7-9-24(10-8-23)19(26)14-2-1-11-27-14/h1-6,11-12H,7-10H2,(H,22,25). The van der Waals surface area contributed by atoms with Gasteiger partial charge in [-0.2, -0.15) is 0 Å². The van der Waals surface area contributed by atoms with Gasteiger partial charge in [0.05, 0.1) is 27.4 Å². The van der Waals surface area contributed by atoms with Gasteiger partial charge in [-0.25, -0.2) is 4.98 Å². The van der Waals surface area contributed by atoms with Crippen LogP contribution in [0.3, 0.4) is 0 Å². The molecular formula is C19H17ClN4O3S. The van der Waals surface area contributed by atoms with Gasteiger partial charge in [0.1, 0.15) is 5.82 Å². The van der Waals surface area contributed by atoms with E-state index >= 15 is 0 Å². The SMILES string of the molecule is O=C(Nc1ccc(N2CCN(C(=O)c3ccco3)CC2)nc1)c1ccc(Cl)s1. The van der Waals surface area contributed by atoms with E-state index in [9.17, 15) is 9.59 Å². The van der Waals surface area contributed by atoms with Gasteiger partial charge in [0.15, 0.2) is 5.76 Å². The van der Waals surface area contributed by atoms with Crippen LogP contribution in [0.4, 0.5) is 11.5 Å². The Bertz CT molecular complexity index is 963. The average molecular weight is 417 g/mol. The smallest absolute Gasteiger partial charge is 0.289 e. The van der Waals surface area contributed by atoms with Gasteiger partial charge in [-0.15, -0.1) is 11.3 Å². The molecule has 0 spiro atoms. The molecule has 0 aromatic carbocycles. The van der Waals surface area contributed by atoms with Crippen LogP contribution in [0.5, 0.6) is 0 Å². The first-order chi connectivity index (χ1) is 13.6. The van der Waals surface area contributed by atoms with Crippen molar-refractivity contribution in [1.29, 1.82) is 0 Å². The zero-order chi connectivity index (χ0) is 19.5. The third-order valence-electron chi connectivity index (χ3n) is 4.43. The number of halogens is 1. The third-order valence-corrected chi connectivity index (χ3v) is 5.66. The highest BCUT2D eigenvalue weighted by Gasteiger charge is 2.24. The molecule has 28 heavy (non-hydrogen) atoms.